The van der Waals surface area contributed by atoms with Gasteiger partial charge in [-0.2, -0.15) is 0 Å². The van der Waals surface area contributed by atoms with E-state index in [2.05, 4.69) is 9.97 Å². The zero-order valence-corrected chi connectivity index (χ0v) is 11.7. The molecule has 0 aliphatic heterocycles. The summed E-state index contributed by atoms with van der Waals surface area (Å²) >= 11 is 3.17. The first-order valence-corrected chi connectivity index (χ1v) is 6.68. The normalized spacial score (nSPS) is 9.94. The maximum atomic E-state index is 11.6. The van der Waals surface area contributed by atoms with Crippen molar-refractivity contribution >= 4 is 46.6 Å². The van der Waals surface area contributed by atoms with E-state index >= 15 is 0 Å². The number of esters is 1. The van der Waals surface area contributed by atoms with E-state index in [0.29, 0.717) is 15.1 Å². The molecule has 1 aromatic rings. The smallest absolute Gasteiger partial charge is 0.343 e. The van der Waals surface area contributed by atoms with Crippen LogP contribution in [0.5, 0.6) is 0 Å². The number of halogens is 1. The third kappa shape index (κ3) is 2.91. The highest BCUT2D eigenvalue weighted by Gasteiger charge is 2.20. The van der Waals surface area contributed by atoms with Gasteiger partial charge in [-0.05, 0) is 13.2 Å². The molecule has 5 nitrogen and oxygen atoms in total. The van der Waals surface area contributed by atoms with Crippen LogP contribution in [-0.4, -0.2) is 35.1 Å². The minimum absolute atomic E-state index is 0.0715. The molecule has 0 amide bonds. The zero-order valence-electron chi connectivity index (χ0n) is 8.69. The highest BCUT2D eigenvalue weighted by Crippen LogP contribution is 2.21. The first kappa shape index (κ1) is 13.4. The fourth-order valence-corrected chi connectivity index (χ4v) is 2.29. The quantitative estimate of drug-likeness (QED) is 0.206. The lowest BCUT2D eigenvalue weighted by Gasteiger charge is -2.07. The molecule has 1 rings (SSSR count). The van der Waals surface area contributed by atoms with Crippen molar-refractivity contribution in [2.24, 2.45) is 0 Å². The van der Waals surface area contributed by atoms with Gasteiger partial charge < -0.3 is 4.74 Å². The maximum absolute atomic E-state index is 11.6. The third-order valence-electron chi connectivity index (χ3n) is 1.66. The Labute approximate surface area is 111 Å². The number of nitrogens with zero attached hydrogens (tertiary/aromatic N) is 2. The number of hydrogen-bond donors (Lipinski definition) is 0. The first-order chi connectivity index (χ1) is 7.63. The van der Waals surface area contributed by atoms with Gasteiger partial charge in [-0.1, -0.05) is 0 Å². The van der Waals surface area contributed by atoms with Crippen LogP contribution in [-0.2, 0) is 4.74 Å². The van der Waals surface area contributed by atoms with E-state index in [0.717, 1.165) is 0 Å². The number of carbonyl (C=O) groups excluding carboxylic acids is 2. The van der Waals surface area contributed by atoms with E-state index < -0.39 is 5.97 Å². The van der Waals surface area contributed by atoms with Crippen molar-refractivity contribution in [3.8, 4) is 0 Å². The molecule has 1 aromatic heterocycles. The van der Waals surface area contributed by atoms with Crippen LogP contribution in [0.15, 0.2) is 5.03 Å². The zero-order chi connectivity index (χ0) is 12.1. The molecule has 0 unspecified atom stereocenters. The number of ether oxygens (including phenoxy) is 1. The lowest BCUT2D eigenvalue weighted by atomic mass is 10.2. The molecular weight excluding hydrogens is 343 g/mol. The molecule has 0 saturated carbocycles. The lowest BCUT2D eigenvalue weighted by Crippen LogP contribution is -2.13. The van der Waals surface area contributed by atoms with Gasteiger partial charge in [0.25, 0.3) is 0 Å². The lowest BCUT2D eigenvalue weighted by molar-refractivity contribution is 0.0518. The summed E-state index contributed by atoms with van der Waals surface area (Å²) in [6, 6.07) is 0. The van der Waals surface area contributed by atoms with Gasteiger partial charge in [-0.25, -0.2) is 14.8 Å². The fraction of sp³-hybridized carbons (Fsp3) is 0.333. The van der Waals surface area contributed by atoms with Crippen LogP contribution in [0.1, 0.15) is 27.8 Å². The number of rotatable bonds is 4. The van der Waals surface area contributed by atoms with Crippen LogP contribution in [0, 0.1) is 3.83 Å². The van der Waals surface area contributed by atoms with Crippen LogP contribution in [0.4, 0.5) is 0 Å². The topological polar surface area (TPSA) is 69.2 Å². The van der Waals surface area contributed by atoms with Gasteiger partial charge in [-0.15, -0.1) is 11.8 Å². The van der Waals surface area contributed by atoms with Crippen molar-refractivity contribution in [2.75, 3.05) is 12.9 Å². The molecular formula is C9H9IN2O3S. The molecule has 0 fully saturated rings. The molecule has 0 N–H and O–H groups in total. The molecule has 0 aliphatic carbocycles. The maximum Gasteiger partial charge on any atom is 0.343 e. The summed E-state index contributed by atoms with van der Waals surface area (Å²) in [6.07, 6.45) is 2.31. The Morgan fingerprint density at radius 2 is 2.25 bits per heavy atom. The van der Waals surface area contributed by atoms with Gasteiger partial charge in [0, 0.05) is 22.6 Å². The largest absolute Gasteiger partial charge is 0.462 e. The van der Waals surface area contributed by atoms with Crippen molar-refractivity contribution in [2.45, 2.75) is 11.9 Å². The molecule has 0 spiro atoms. The van der Waals surface area contributed by atoms with Crippen LogP contribution in [0.2, 0.25) is 0 Å². The Morgan fingerprint density at radius 1 is 1.56 bits per heavy atom. The summed E-state index contributed by atoms with van der Waals surface area (Å²) in [6.45, 7) is 1.95. The molecule has 16 heavy (non-hydrogen) atoms. The highest BCUT2D eigenvalue weighted by atomic mass is 127. The van der Waals surface area contributed by atoms with Crippen LogP contribution in [0.3, 0.4) is 0 Å². The Bertz CT molecular complexity index is 425. The summed E-state index contributed by atoms with van der Waals surface area (Å²) in [5, 5.41) is 0.458. The van der Waals surface area contributed by atoms with Gasteiger partial charge >= 0.3 is 5.97 Å². The number of carbonyl (C=O) groups is 2. The van der Waals surface area contributed by atoms with Crippen molar-refractivity contribution in [3.63, 3.8) is 0 Å². The van der Waals surface area contributed by atoms with Crippen molar-refractivity contribution < 1.29 is 14.3 Å². The predicted octanol–water partition coefficient (Wildman–Crippen LogP) is 1.79. The molecule has 0 aliphatic rings. The van der Waals surface area contributed by atoms with Crippen LogP contribution < -0.4 is 0 Å². The van der Waals surface area contributed by atoms with E-state index in [9.17, 15) is 9.59 Å². The molecule has 7 heteroatoms. The number of aldehydes is 1. The second-order valence-electron chi connectivity index (χ2n) is 2.60. The predicted molar refractivity (Wildman–Crippen MR) is 67.9 cm³/mol. The molecule has 0 radical (unpaired) electrons. The minimum atomic E-state index is -0.564. The summed E-state index contributed by atoms with van der Waals surface area (Å²) in [4.78, 5) is 30.5. The Balaban J connectivity index is 3.32. The van der Waals surface area contributed by atoms with E-state index in [1.807, 2.05) is 22.6 Å². The fourth-order valence-electron chi connectivity index (χ4n) is 1.06. The Hall–Kier alpha value is -0.700. The minimum Gasteiger partial charge on any atom is -0.462 e. The summed E-state index contributed by atoms with van der Waals surface area (Å²) in [7, 11) is 0. The molecule has 0 bridgehead atoms. The molecule has 1 heterocycles. The van der Waals surface area contributed by atoms with E-state index in [1.165, 1.54) is 11.8 Å². The average molecular weight is 352 g/mol. The number of aromatic nitrogens is 2. The van der Waals surface area contributed by atoms with Crippen LogP contribution >= 0.6 is 34.4 Å². The van der Waals surface area contributed by atoms with Gasteiger partial charge in [-0.3, -0.25) is 4.79 Å². The van der Waals surface area contributed by atoms with Crippen molar-refractivity contribution in [3.05, 3.63) is 15.1 Å². The summed E-state index contributed by atoms with van der Waals surface area (Å²) in [5.41, 5.74) is 0.215. The standard InChI is InChI=1S/C9H9IN2O3S/c1-3-15-8(14)6-5(4-13)11-9(10)12-7(6)16-2/h4H,3H2,1-2H3. The van der Waals surface area contributed by atoms with Crippen molar-refractivity contribution in [1.82, 2.24) is 9.97 Å². The van der Waals surface area contributed by atoms with Gasteiger partial charge in [0.2, 0.25) is 0 Å². The number of thioether (sulfide) groups is 1. The van der Waals surface area contributed by atoms with E-state index in [4.69, 9.17) is 4.74 Å². The van der Waals surface area contributed by atoms with Gasteiger partial charge in [0.15, 0.2) is 10.1 Å². The average Bonchev–Trinajstić information content (AvgIpc) is 2.27. The van der Waals surface area contributed by atoms with Gasteiger partial charge in [0.1, 0.15) is 16.3 Å². The number of hydrogen-bond acceptors (Lipinski definition) is 6. The van der Waals surface area contributed by atoms with Crippen LogP contribution in [0.25, 0.3) is 0 Å². The molecule has 0 saturated heterocycles. The SMILES string of the molecule is CCOC(=O)c1c(C=O)nc(I)nc1SC. The van der Waals surface area contributed by atoms with E-state index in [-0.39, 0.29) is 17.9 Å². The summed E-state index contributed by atoms with van der Waals surface area (Å²) in [5.74, 6) is -0.564. The highest BCUT2D eigenvalue weighted by molar-refractivity contribution is 14.1. The second-order valence-corrected chi connectivity index (χ2v) is 4.36. The molecule has 86 valence electrons. The monoisotopic (exact) mass is 352 g/mol. The molecule has 0 atom stereocenters. The Kier molecular flexibility index (Phi) is 5.13. The van der Waals surface area contributed by atoms with Gasteiger partial charge in [0.05, 0.1) is 6.61 Å². The van der Waals surface area contributed by atoms with E-state index in [1.54, 1.807) is 13.2 Å². The summed E-state index contributed by atoms with van der Waals surface area (Å²) < 4.78 is 5.29. The van der Waals surface area contributed by atoms with Crippen molar-refractivity contribution in [1.29, 1.82) is 0 Å². The second kappa shape index (κ2) is 6.14. The first-order valence-electron chi connectivity index (χ1n) is 4.37. The molecule has 0 aromatic carbocycles. The third-order valence-corrected chi connectivity index (χ3v) is 2.83. The Morgan fingerprint density at radius 3 is 2.75 bits per heavy atom.